The number of amides is 1. The SMILES string of the molecule is Cc1ccc2c(CN3CCN(C(=O)c4ccccc4)CC3)cc(=O)oc2c1C. The average molecular weight is 376 g/mol. The Kier molecular flexibility index (Phi) is 5.01. The molecule has 0 atom stereocenters. The second kappa shape index (κ2) is 7.60. The Balaban J connectivity index is 1.49. The van der Waals surface area contributed by atoms with E-state index in [-0.39, 0.29) is 11.5 Å². The van der Waals surface area contributed by atoms with Gasteiger partial charge in [0.2, 0.25) is 0 Å². The molecule has 1 aliphatic heterocycles. The first-order chi connectivity index (χ1) is 13.5. The van der Waals surface area contributed by atoms with Gasteiger partial charge < -0.3 is 9.32 Å². The molecule has 3 aromatic rings. The van der Waals surface area contributed by atoms with Crippen molar-refractivity contribution in [1.82, 2.24) is 9.80 Å². The van der Waals surface area contributed by atoms with E-state index < -0.39 is 0 Å². The number of aryl methyl sites for hydroxylation is 2. The smallest absolute Gasteiger partial charge is 0.336 e. The maximum Gasteiger partial charge on any atom is 0.336 e. The molecule has 0 saturated carbocycles. The van der Waals surface area contributed by atoms with Crippen LogP contribution in [0.25, 0.3) is 11.0 Å². The molecule has 5 nitrogen and oxygen atoms in total. The summed E-state index contributed by atoms with van der Waals surface area (Å²) in [5, 5.41) is 0.991. The van der Waals surface area contributed by atoms with Gasteiger partial charge >= 0.3 is 5.63 Å². The van der Waals surface area contributed by atoms with Gasteiger partial charge in [0.1, 0.15) is 5.58 Å². The van der Waals surface area contributed by atoms with Crippen LogP contribution in [0.4, 0.5) is 0 Å². The molecule has 28 heavy (non-hydrogen) atoms. The fraction of sp³-hybridized carbons (Fsp3) is 0.304. The monoisotopic (exact) mass is 376 g/mol. The molecule has 2 aromatic carbocycles. The molecule has 0 unspecified atom stereocenters. The Morgan fingerprint density at radius 1 is 1.00 bits per heavy atom. The third kappa shape index (κ3) is 3.58. The zero-order chi connectivity index (χ0) is 19.7. The van der Waals surface area contributed by atoms with Crippen molar-refractivity contribution in [3.63, 3.8) is 0 Å². The van der Waals surface area contributed by atoms with Crippen molar-refractivity contribution < 1.29 is 9.21 Å². The third-order valence-corrected chi connectivity index (χ3v) is 5.59. The lowest BCUT2D eigenvalue weighted by atomic mass is 10.0. The standard InChI is InChI=1S/C23H24N2O3/c1-16-8-9-20-19(14-21(26)28-22(20)17(16)2)15-24-10-12-25(13-11-24)23(27)18-6-4-3-5-7-18/h3-9,14H,10-13,15H2,1-2H3. The average Bonchev–Trinajstić information content (AvgIpc) is 2.72. The van der Waals surface area contributed by atoms with Gasteiger partial charge in [-0.05, 0) is 42.7 Å². The minimum Gasteiger partial charge on any atom is -0.422 e. The van der Waals surface area contributed by atoms with Crippen LogP contribution in [-0.4, -0.2) is 41.9 Å². The Bertz CT molecular complexity index is 1060. The van der Waals surface area contributed by atoms with Gasteiger partial charge in [0.05, 0.1) is 0 Å². The van der Waals surface area contributed by atoms with Crippen molar-refractivity contribution in [2.24, 2.45) is 0 Å². The van der Waals surface area contributed by atoms with Gasteiger partial charge in [0, 0.05) is 49.7 Å². The molecular weight excluding hydrogens is 352 g/mol. The summed E-state index contributed by atoms with van der Waals surface area (Å²) in [5.41, 5.74) is 4.20. The number of rotatable bonds is 3. The van der Waals surface area contributed by atoms with Crippen molar-refractivity contribution in [2.45, 2.75) is 20.4 Å². The van der Waals surface area contributed by atoms with E-state index in [1.807, 2.05) is 55.1 Å². The molecule has 1 saturated heterocycles. The highest BCUT2D eigenvalue weighted by Gasteiger charge is 2.23. The molecular formula is C23H24N2O3. The second-order valence-electron chi connectivity index (χ2n) is 7.41. The summed E-state index contributed by atoms with van der Waals surface area (Å²) in [5.74, 6) is 0.0807. The summed E-state index contributed by atoms with van der Waals surface area (Å²) in [7, 11) is 0. The van der Waals surface area contributed by atoms with Crippen LogP contribution >= 0.6 is 0 Å². The molecule has 4 rings (SSSR count). The quantitative estimate of drug-likeness (QED) is 0.658. The Morgan fingerprint density at radius 2 is 1.71 bits per heavy atom. The molecule has 1 aromatic heterocycles. The van der Waals surface area contributed by atoms with Crippen LogP contribution in [0, 0.1) is 13.8 Å². The molecule has 1 fully saturated rings. The van der Waals surface area contributed by atoms with Crippen LogP contribution in [0.3, 0.4) is 0 Å². The zero-order valence-corrected chi connectivity index (χ0v) is 16.3. The topological polar surface area (TPSA) is 53.8 Å². The minimum absolute atomic E-state index is 0.0807. The highest BCUT2D eigenvalue weighted by Crippen LogP contribution is 2.24. The first-order valence-corrected chi connectivity index (χ1v) is 9.62. The van der Waals surface area contributed by atoms with Crippen LogP contribution in [0.2, 0.25) is 0 Å². The second-order valence-corrected chi connectivity index (χ2v) is 7.41. The Labute approximate surface area is 164 Å². The normalized spacial score (nSPS) is 15.1. The summed E-state index contributed by atoms with van der Waals surface area (Å²) < 4.78 is 5.47. The number of piperazine rings is 1. The van der Waals surface area contributed by atoms with E-state index in [0.29, 0.717) is 25.2 Å². The number of hydrogen-bond acceptors (Lipinski definition) is 4. The van der Waals surface area contributed by atoms with Gasteiger partial charge in [-0.25, -0.2) is 4.79 Å². The zero-order valence-electron chi connectivity index (χ0n) is 16.3. The van der Waals surface area contributed by atoms with E-state index in [1.165, 1.54) is 0 Å². The molecule has 144 valence electrons. The highest BCUT2D eigenvalue weighted by atomic mass is 16.4. The molecule has 2 heterocycles. The van der Waals surface area contributed by atoms with E-state index >= 15 is 0 Å². The lowest BCUT2D eigenvalue weighted by Crippen LogP contribution is -2.48. The number of hydrogen-bond donors (Lipinski definition) is 0. The van der Waals surface area contributed by atoms with Gasteiger partial charge in [-0.3, -0.25) is 9.69 Å². The van der Waals surface area contributed by atoms with Gasteiger partial charge in [0.15, 0.2) is 0 Å². The molecule has 1 amide bonds. The maximum atomic E-state index is 12.6. The number of nitrogens with zero attached hydrogens (tertiary/aromatic N) is 2. The first kappa shape index (κ1) is 18.4. The summed E-state index contributed by atoms with van der Waals surface area (Å²) in [6.45, 7) is 7.62. The first-order valence-electron chi connectivity index (χ1n) is 9.62. The number of carbonyl (C=O) groups excluding carboxylic acids is 1. The highest BCUT2D eigenvalue weighted by molar-refractivity contribution is 5.94. The van der Waals surface area contributed by atoms with Crippen molar-refractivity contribution in [2.75, 3.05) is 26.2 Å². The van der Waals surface area contributed by atoms with Gasteiger partial charge in [-0.1, -0.05) is 30.3 Å². The molecule has 0 aliphatic carbocycles. The van der Waals surface area contributed by atoms with Gasteiger partial charge in [-0.15, -0.1) is 0 Å². The van der Waals surface area contributed by atoms with Gasteiger partial charge in [-0.2, -0.15) is 0 Å². The Hall–Kier alpha value is -2.92. The van der Waals surface area contributed by atoms with E-state index in [0.717, 1.165) is 40.7 Å². The minimum atomic E-state index is -0.311. The number of fused-ring (bicyclic) bond motifs is 1. The molecule has 5 heteroatoms. The van der Waals surface area contributed by atoms with Crippen LogP contribution in [0.5, 0.6) is 0 Å². The van der Waals surface area contributed by atoms with Crippen molar-refractivity contribution in [3.05, 3.63) is 81.2 Å². The molecule has 0 bridgehead atoms. The predicted octanol–water partition coefficient (Wildman–Crippen LogP) is 3.37. The fourth-order valence-electron chi connectivity index (χ4n) is 3.77. The molecule has 1 aliphatic rings. The summed E-state index contributed by atoms with van der Waals surface area (Å²) in [4.78, 5) is 28.9. The van der Waals surface area contributed by atoms with E-state index in [1.54, 1.807) is 6.07 Å². The number of benzene rings is 2. The summed E-state index contributed by atoms with van der Waals surface area (Å²) >= 11 is 0. The van der Waals surface area contributed by atoms with E-state index in [2.05, 4.69) is 11.0 Å². The van der Waals surface area contributed by atoms with Gasteiger partial charge in [0.25, 0.3) is 5.91 Å². The Morgan fingerprint density at radius 3 is 2.43 bits per heavy atom. The summed E-state index contributed by atoms with van der Waals surface area (Å²) in [6.07, 6.45) is 0. The summed E-state index contributed by atoms with van der Waals surface area (Å²) in [6, 6.07) is 15.1. The van der Waals surface area contributed by atoms with E-state index in [9.17, 15) is 9.59 Å². The molecule has 0 N–H and O–H groups in total. The van der Waals surface area contributed by atoms with Crippen molar-refractivity contribution in [1.29, 1.82) is 0 Å². The van der Waals surface area contributed by atoms with E-state index in [4.69, 9.17) is 4.42 Å². The van der Waals surface area contributed by atoms with Crippen LogP contribution in [0.1, 0.15) is 27.0 Å². The number of carbonyl (C=O) groups is 1. The largest absolute Gasteiger partial charge is 0.422 e. The molecule has 0 radical (unpaired) electrons. The van der Waals surface area contributed by atoms with Crippen LogP contribution in [-0.2, 0) is 6.54 Å². The van der Waals surface area contributed by atoms with Crippen molar-refractivity contribution >= 4 is 16.9 Å². The van der Waals surface area contributed by atoms with Crippen molar-refractivity contribution in [3.8, 4) is 0 Å². The molecule has 0 spiro atoms. The van der Waals surface area contributed by atoms with Crippen LogP contribution < -0.4 is 5.63 Å². The van der Waals surface area contributed by atoms with Crippen LogP contribution in [0.15, 0.2) is 57.7 Å². The maximum absolute atomic E-state index is 12.6. The third-order valence-electron chi connectivity index (χ3n) is 5.59. The predicted molar refractivity (Wildman–Crippen MR) is 110 cm³/mol. The lowest BCUT2D eigenvalue weighted by molar-refractivity contribution is 0.0629. The fourth-order valence-corrected chi connectivity index (χ4v) is 3.77. The lowest BCUT2D eigenvalue weighted by Gasteiger charge is -2.35.